The van der Waals surface area contributed by atoms with Crippen LogP contribution in [0.4, 0.5) is 5.00 Å². The molecule has 0 unspecified atom stereocenters. The van der Waals surface area contributed by atoms with Crippen LogP contribution in [0, 0.1) is 0 Å². The molecule has 0 saturated carbocycles. The second kappa shape index (κ2) is 6.53. The van der Waals surface area contributed by atoms with E-state index in [9.17, 15) is 14.4 Å². The van der Waals surface area contributed by atoms with Crippen molar-refractivity contribution in [2.24, 2.45) is 0 Å². The van der Waals surface area contributed by atoms with Gasteiger partial charge >= 0.3 is 11.9 Å². The van der Waals surface area contributed by atoms with E-state index in [-0.39, 0.29) is 0 Å². The third kappa shape index (κ3) is 3.49. The first-order valence-corrected chi connectivity index (χ1v) is 7.29. The number of nitrogens with one attached hydrogen (secondary N) is 1. The highest BCUT2D eigenvalue weighted by Crippen LogP contribution is 2.38. The molecule has 21 heavy (non-hydrogen) atoms. The Morgan fingerprint density at radius 2 is 1.95 bits per heavy atom. The number of carboxylic acids is 1. The molecule has 1 aliphatic carbocycles. The van der Waals surface area contributed by atoms with Gasteiger partial charge in [-0.15, -0.1) is 11.3 Å². The summed E-state index contributed by atoms with van der Waals surface area (Å²) in [4.78, 5) is 35.1. The molecule has 0 radical (unpaired) electrons. The fraction of sp³-hybridized carbons (Fsp3) is 0.357. The zero-order valence-corrected chi connectivity index (χ0v) is 12.3. The summed E-state index contributed by atoms with van der Waals surface area (Å²) in [5.41, 5.74) is 1.34. The summed E-state index contributed by atoms with van der Waals surface area (Å²) in [6.07, 6.45) is 5.39. The minimum Gasteiger partial charge on any atom is -0.478 e. The number of methoxy groups -OCH3 is 1. The van der Waals surface area contributed by atoms with Crippen LogP contribution in [0.15, 0.2) is 12.2 Å². The van der Waals surface area contributed by atoms with E-state index in [4.69, 9.17) is 9.84 Å². The molecular formula is C14H15NO5S. The number of thiophene rings is 1. The SMILES string of the molecule is COC(=O)c1c(NC(=O)/C=C\C(=O)O)sc2c1CCCC2. The lowest BCUT2D eigenvalue weighted by atomic mass is 9.95. The Morgan fingerprint density at radius 1 is 1.24 bits per heavy atom. The first-order valence-electron chi connectivity index (χ1n) is 6.47. The van der Waals surface area contributed by atoms with Gasteiger partial charge in [-0.05, 0) is 31.2 Å². The number of aryl methyl sites for hydroxylation is 1. The highest BCUT2D eigenvalue weighted by molar-refractivity contribution is 7.17. The second-order valence-electron chi connectivity index (χ2n) is 4.57. The predicted molar refractivity (Wildman–Crippen MR) is 77.7 cm³/mol. The minimum atomic E-state index is -1.20. The quantitative estimate of drug-likeness (QED) is 0.655. The normalized spacial score (nSPS) is 13.8. The fourth-order valence-corrected chi connectivity index (χ4v) is 3.55. The molecule has 1 amide bonds. The summed E-state index contributed by atoms with van der Waals surface area (Å²) < 4.78 is 4.79. The molecule has 0 aromatic carbocycles. The summed E-state index contributed by atoms with van der Waals surface area (Å²) in [6, 6.07) is 0. The number of rotatable bonds is 4. The molecule has 1 heterocycles. The maximum absolute atomic E-state index is 11.9. The van der Waals surface area contributed by atoms with Crippen LogP contribution in [0.2, 0.25) is 0 Å². The van der Waals surface area contributed by atoms with Crippen molar-refractivity contribution in [2.75, 3.05) is 12.4 Å². The second-order valence-corrected chi connectivity index (χ2v) is 5.67. The standard InChI is InChI=1S/C14H15NO5S/c1-20-14(19)12-8-4-2-3-5-9(8)21-13(12)15-10(16)6-7-11(17)18/h6-7H,2-5H2,1H3,(H,15,16)(H,17,18)/b7-6-. The third-order valence-electron chi connectivity index (χ3n) is 3.17. The Bertz CT molecular complexity index is 617. The van der Waals surface area contributed by atoms with Gasteiger partial charge in [0, 0.05) is 17.0 Å². The van der Waals surface area contributed by atoms with E-state index in [1.165, 1.54) is 18.4 Å². The number of carboxylic acid groups (broad SMARTS) is 1. The van der Waals surface area contributed by atoms with Gasteiger partial charge in [0.05, 0.1) is 12.7 Å². The molecule has 0 fully saturated rings. The van der Waals surface area contributed by atoms with Crippen LogP contribution in [0.25, 0.3) is 0 Å². The largest absolute Gasteiger partial charge is 0.478 e. The van der Waals surface area contributed by atoms with Crippen LogP contribution >= 0.6 is 11.3 Å². The number of fused-ring (bicyclic) bond motifs is 1. The molecule has 2 rings (SSSR count). The van der Waals surface area contributed by atoms with E-state index in [1.807, 2.05) is 0 Å². The number of carbonyl (C=O) groups excluding carboxylic acids is 2. The van der Waals surface area contributed by atoms with Crippen molar-refractivity contribution in [3.63, 3.8) is 0 Å². The number of anilines is 1. The fourth-order valence-electron chi connectivity index (χ4n) is 2.27. The highest BCUT2D eigenvalue weighted by atomic mass is 32.1. The van der Waals surface area contributed by atoms with Crippen molar-refractivity contribution in [1.82, 2.24) is 0 Å². The van der Waals surface area contributed by atoms with E-state index < -0.39 is 17.8 Å². The monoisotopic (exact) mass is 309 g/mol. The Balaban J connectivity index is 2.30. The Hall–Kier alpha value is -2.15. The molecule has 0 bridgehead atoms. The lowest BCUT2D eigenvalue weighted by Crippen LogP contribution is -2.13. The van der Waals surface area contributed by atoms with Gasteiger partial charge in [0.2, 0.25) is 5.91 Å². The maximum atomic E-state index is 11.9. The topological polar surface area (TPSA) is 92.7 Å². The van der Waals surface area contributed by atoms with Crippen LogP contribution in [0.5, 0.6) is 0 Å². The highest BCUT2D eigenvalue weighted by Gasteiger charge is 2.26. The Morgan fingerprint density at radius 3 is 2.62 bits per heavy atom. The molecule has 1 aliphatic rings. The molecule has 112 valence electrons. The van der Waals surface area contributed by atoms with Gasteiger partial charge < -0.3 is 15.2 Å². The molecule has 1 aromatic heterocycles. The molecule has 1 aromatic rings. The van der Waals surface area contributed by atoms with Gasteiger partial charge in [0.1, 0.15) is 5.00 Å². The van der Waals surface area contributed by atoms with Crippen molar-refractivity contribution in [1.29, 1.82) is 0 Å². The van der Waals surface area contributed by atoms with E-state index in [1.54, 1.807) is 0 Å². The first kappa shape index (κ1) is 15.2. The van der Waals surface area contributed by atoms with Crippen molar-refractivity contribution >= 4 is 34.2 Å². The van der Waals surface area contributed by atoms with Crippen molar-refractivity contribution in [3.8, 4) is 0 Å². The van der Waals surface area contributed by atoms with E-state index in [0.29, 0.717) is 10.6 Å². The number of hydrogen-bond acceptors (Lipinski definition) is 5. The van der Waals surface area contributed by atoms with E-state index in [2.05, 4.69) is 5.32 Å². The summed E-state index contributed by atoms with van der Waals surface area (Å²) in [6.45, 7) is 0. The first-order chi connectivity index (χ1) is 10.0. The van der Waals surface area contributed by atoms with Gasteiger partial charge in [-0.1, -0.05) is 0 Å². The average molecular weight is 309 g/mol. The Labute approximate surface area is 125 Å². The summed E-state index contributed by atoms with van der Waals surface area (Å²) >= 11 is 1.35. The van der Waals surface area contributed by atoms with Crippen LogP contribution in [0.1, 0.15) is 33.6 Å². The lowest BCUT2D eigenvalue weighted by molar-refractivity contribution is -0.131. The van der Waals surface area contributed by atoms with Gasteiger partial charge in [0.15, 0.2) is 0 Å². The number of hydrogen-bond donors (Lipinski definition) is 2. The molecule has 0 aliphatic heterocycles. The van der Waals surface area contributed by atoms with Crippen molar-refractivity contribution in [3.05, 3.63) is 28.2 Å². The molecule has 0 atom stereocenters. The minimum absolute atomic E-state index is 0.397. The van der Waals surface area contributed by atoms with E-state index >= 15 is 0 Å². The average Bonchev–Trinajstić information content (AvgIpc) is 2.82. The van der Waals surface area contributed by atoms with Crippen LogP contribution in [-0.2, 0) is 27.2 Å². The summed E-state index contributed by atoms with van der Waals surface area (Å²) in [7, 11) is 1.30. The van der Waals surface area contributed by atoms with Gasteiger partial charge in [-0.3, -0.25) is 4.79 Å². The molecule has 6 nitrogen and oxygen atoms in total. The van der Waals surface area contributed by atoms with Crippen LogP contribution in [0.3, 0.4) is 0 Å². The smallest absolute Gasteiger partial charge is 0.341 e. The molecule has 2 N–H and O–H groups in total. The Kier molecular flexibility index (Phi) is 4.74. The van der Waals surface area contributed by atoms with Gasteiger partial charge in [-0.25, -0.2) is 9.59 Å². The molecule has 0 spiro atoms. The number of amides is 1. The van der Waals surface area contributed by atoms with Gasteiger partial charge in [0.25, 0.3) is 0 Å². The molecule has 7 heteroatoms. The summed E-state index contributed by atoms with van der Waals surface area (Å²) in [5.74, 6) is -2.27. The zero-order valence-electron chi connectivity index (χ0n) is 11.5. The van der Waals surface area contributed by atoms with Gasteiger partial charge in [-0.2, -0.15) is 0 Å². The van der Waals surface area contributed by atoms with Crippen LogP contribution in [-0.4, -0.2) is 30.1 Å². The van der Waals surface area contributed by atoms with Crippen LogP contribution < -0.4 is 5.32 Å². The van der Waals surface area contributed by atoms with E-state index in [0.717, 1.165) is 48.3 Å². The number of esters is 1. The molecule has 0 saturated heterocycles. The predicted octanol–water partition coefficient (Wildman–Crippen LogP) is 1.99. The zero-order chi connectivity index (χ0) is 15.4. The third-order valence-corrected chi connectivity index (χ3v) is 4.38. The maximum Gasteiger partial charge on any atom is 0.341 e. The van der Waals surface area contributed by atoms with Crippen molar-refractivity contribution in [2.45, 2.75) is 25.7 Å². The molecular weight excluding hydrogens is 294 g/mol. The van der Waals surface area contributed by atoms with Crippen molar-refractivity contribution < 1.29 is 24.2 Å². The number of carbonyl (C=O) groups is 3. The lowest BCUT2D eigenvalue weighted by Gasteiger charge is -2.11. The summed E-state index contributed by atoms with van der Waals surface area (Å²) in [5, 5.41) is 11.5. The number of aliphatic carboxylic acids is 1. The number of ether oxygens (including phenoxy) is 1.